The second-order valence-corrected chi connectivity index (χ2v) is 5.67. The lowest BCUT2D eigenvalue weighted by Crippen LogP contribution is -2.35. The Bertz CT molecular complexity index is 871. The minimum absolute atomic E-state index is 0.310. The molecule has 0 aliphatic heterocycles. The number of hydrogen-bond acceptors (Lipinski definition) is 6. The number of benzene rings is 1. The van der Waals surface area contributed by atoms with E-state index in [4.69, 9.17) is 4.74 Å². The van der Waals surface area contributed by atoms with E-state index in [-0.39, 0.29) is 12.1 Å². The molecule has 0 bridgehead atoms. The fourth-order valence-corrected chi connectivity index (χ4v) is 2.52. The van der Waals surface area contributed by atoms with E-state index < -0.39 is 0 Å². The Kier molecular flexibility index (Phi) is 5.23. The third-order valence-electron chi connectivity index (χ3n) is 3.76. The molecule has 2 amide bonds. The van der Waals surface area contributed by atoms with Crippen molar-refractivity contribution in [3.05, 3.63) is 42.2 Å². The lowest BCUT2D eigenvalue weighted by molar-refractivity contribution is 0.165. The van der Waals surface area contributed by atoms with Crippen molar-refractivity contribution in [1.82, 2.24) is 35.3 Å². The monoisotopic (exact) mass is 356 g/mol. The number of tetrazole rings is 1. The van der Waals surface area contributed by atoms with Crippen LogP contribution in [-0.2, 0) is 18.8 Å². The Hall–Kier alpha value is -3.27. The molecular weight excluding hydrogens is 336 g/mol. The number of carbonyl (C=O) groups excluding carboxylic acids is 1. The summed E-state index contributed by atoms with van der Waals surface area (Å²) in [7, 11) is 5.11. The van der Waals surface area contributed by atoms with Crippen LogP contribution in [-0.4, -0.2) is 49.7 Å². The van der Waals surface area contributed by atoms with E-state index in [2.05, 4.69) is 31.1 Å². The molecule has 1 unspecified atom stereocenters. The number of amides is 2. The highest BCUT2D eigenvalue weighted by Gasteiger charge is 2.17. The van der Waals surface area contributed by atoms with Crippen LogP contribution in [0.25, 0.3) is 11.4 Å². The molecule has 26 heavy (non-hydrogen) atoms. The Morgan fingerprint density at radius 1 is 1.23 bits per heavy atom. The molecule has 3 aromatic rings. The molecule has 2 N–H and O–H groups in total. The zero-order valence-corrected chi connectivity index (χ0v) is 14.7. The molecule has 136 valence electrons. The lowest BCUT2D eigenvalue weighted by atomic mass is 10.2. The van der Waals surface area contributed by atoms with Crippen LogP contribution in [0.15, 0.2) is 36.5 Å². The maximum Gasteiger partial charge on any atom is 0.319 e. The van der Waals surface area contributed by atoms with Gasteiger partial charge in [0.25, 0.3) is 0 Å². The smallest absolute Gasteiger partial charge is 0.319 e. The summed E-state index contributed by atoms with van der Waals surface area (Å²) in [5, 5.41) is 21.7. The molecule has 1 aromatic carbocycles. The van der Waals surface area contributed by atoms with Gasteiger partial charge in [0.05, 0.1) is 25.4 Å². The molecule has 2 aromatic heterocycles. The van der Waals surface area contributed by atoms with E-state index >= 15 is 0 Å². The summed E-state index contributed by atoms with van der Waals surface area (Å²) in [4.78, 5) is 13.7. The molecule has 0 radical (unpaired) electrons. The SMILES string of the molecule is COCC(NC(=O)Nc1ccc(-c2nnn(C)n2)cc1)c1ccnn1C. The van der Waals surface area contributed by atoms with Crippen molar-refractivity contribution in [3.8, 4) is 11.4 Å². The van der Waals surface area contributed by atoms with E-state index in [0.29, 0.717) is 18.1 Å². The molecule has 0 aliphatic rings. The number of nitrogens with one attached hydrogen (secondary N) is 2. The molecule has 10 heteroatoms. The number of nitrogens with zero attached hydrogens (tertiary/aromatic N) is 6. The van der Waals surface area contributed by atoms with E-state index in [1.54, 1.807) is 37.2 Å². The van der Waals surface area contributed by atoms with E-state index in [1.807, 2.05) is 25.2 Å². The first-order chi connectivity index (χ1) is 12.6. The van der Waals surface area contributed by atoms with Crippen molar-refractivity contribution in [1.29, 1.82) is 0 Å². The summed E-state index contributed by atoms with van der Waals surface area (Å²) in [5.41, 5.74) is 2.32. The molecule has 2 heterocycles. The predicted molar refractivity (Wildman–Crippen MR) is 94.2 cm³/mol. The molecule has 3 rings (SSSR count). The van der Waals surface area contributed by atoms with E-state index in [9.17, 15) is 4.79 Å². The van der Waals surface area contributed by atoms with Crippen LogP contribution < -0.4 is 10.6 Å². The minimum Gasteiger partial charge on any atom is -0.382 e. The van der Waals surface area contributed by atoms with Gasteiger partial charge < -0.3 is 15.4 Å². The molecule has 0 aliphatic carbocycles. The van der Waals surface area contributed by atoms with Gasteiger partial charge in [-0.2, -0.15) is 9.90 Å². The first-order valence-corrected chi connectivity index (χ1v) is 7.95. The fourth-order valence-electron chi connectivity index (χ4n) is 2.52. The Morgan fingerprint density at radius 3 is 2.58 bits per heavy atom. The minimum atomic E-state index is -0.335. The van der Waals surface area contributed by atoms with Gasteiger partial charge in [-0.15, -0.1) is 10.2 Å². The molecule has 1 atom stereocenters. The molecule has 0 fully saturated rings. The summed E-state index contributed by atoms with van der Waals surface area (Å²) in [6.45, 7) is 0.338. The topological polar surface area (TPSA) is 112 Å². The average molecular weight is 356 g/mol. The molecule has 0 saturated heterocycles. The van der Waals surface area contributed by atoms with Gasteiger partial charge >= 0.3 is 6.03 Å². The van der Waals surface area contributed by atoms with Gasteiger partial charge in [-0.3, -0.25) is 4.68 Å². The van der Waals surface area contributed by atoms with Gasteiger partial charge in [-0.05, 0) is 35.5 Å². The Labute approximate surface area is 150 Å². The van der Waals surface area contributed by atoms with Crippen molar-refractivity contribution >= 4 is 11.7 Å². The quantitative estimate of drug-likeness (QED) is 0.684. The summed E-state index contributed by atoms with van der Waals surface area (Å²) in [6.07, 6.45) is 1.68. The van der Waals surface area contributed by atoms with Crippen LogP contribution in [0.1, 0.15) is 11.7 Å². The Balaban J connectivity index is 1.64. The number of urea groups is 1. The highest BCUT2D eigenvalue weighted by Crippen LogP contribution is 2.17. The molecule has 0 spiro atoms. The van der Waals surface area contributed by atoms with Crippen LogP contribution in [0.5, 0.6) is 0 Å². The van der Waals surface area contributed by atoms with Crippen molar-refractivity contribution < 1.29 is 9.53 Å². The fraction of sp³-hybridized carbons (Fsp3) is 0.312. The number of carbonyl (C=O) groups is 1. The van der Waals surface area contributed by atoms with Gasteiger partial charge in [-0.1, -0.05) is 0 Å². The summed E-state index contributed by atoms with van der Waals surface area (Å²) in [5.74, 6) is 0.528. The second kappa shape index (κ2) is 7.74. The van der Waals surface area contributed by atoms with Gasteiger partial charge in [0.2, 0.25) is 5.82 Å². The van der Waals surface area contributed by atoms with Crippen LogP contribution in [0.3, 0.4) is 0 Å². The summed E-state index contributed by atoms with van der Waals surface area (Å²) in [6, 6.07) is 8.39. The van der Waals surface area contributed by atoms with E-state index in [1.165, 1.54) is 4.80 Å². The van der Waals surface area contributed by atoms with Crippen LogP contribution in [0.4, 0.5) is 10.5 Å². The molecule has 10 nitrogen and oxygen atoms in total. The van der Waals surface area contributed by atoms with Crippen molar-refractivity contribution in [2.45, 2.75) is 6.04 Å². The highest BCUT2D eigenvalue weighted by atomic mass is 16.5. The first kappa shape index (κ1) is 17.5. The highest BCUT2D eigenvalue weighted by molar-refractivity contribution is 5.89. The van der Waals surface area contributed by atoms with Crippen molar-refractivity contribution in [2.24, 2.45) is 14.1 Å². The third-order valence-corrected chi connectivity index (χ3v) is 3.76. The van der Waals surface area contributed by atoms with Gasteiger partial charge in [0.15, 0.2) is 0 Å². The second-order valence-electron chi connectivity index (χ2n) is 5.67. The molecule has 0 saturated carbocycles. The number of hydrogen-bond donors (Lipinski definition) is 2. The number of rotatable bonds is 6. The largest absolute Gasteiger partial charge is 0.382 e. The van der Waals surface area contributed by atoms with Gasteiger partial charge in [-0.25, -0.2) is 4.79 Å². The van der Waals surface area contributed by atoms with Crippen molar-refractivity contribution in [2.75, 3.05) is 19.0 Å². The maximum atomic E-state index is 12.3. The first-order valence-electron chi connectivity index (χ1n) is 7.95. The Morgan fingerprint density at radius 2 is 2.00 bits per heavy atom. The zero-order valence-electron chi connectivity index (χ0n) is 14.7. The van der Waals surface area contributed by atoms with Crippen LogP contribution in [0.2, 0.25) is 0 Å². The number of ether oxygens (including phenoxy) is 1. The number of aryl methyl sites for hydroxylation is 2. The normalized spacial score (nSPS) is 12.0. The lowest BCUT2D eigenvalue weighted by Gasteiger charge is -2.18. The third kappa shape index (κ3) is 4.03. The van der Waals surface area contributed by atoms with Crippen LogP contribution in [0, 0.1) is 0 Å². The zero-order chi connectivity index (χ0) is 18.5. The predicted octanol–water partition coefficient (Wildman–Crippen LogP) is 1.12. The van der Waals surface area contributed by atoms with Gasteiger partial charge in [0, 0.05) is 31.6 Å². The van der Waals surface area contributed by atoms with Gasteiger partial charge in [0.1, 0.15) is 0 Å². The molecular formula is C16H20N8O2. The number of anilines is 1. The van der Waals surface area contributed by atoms with Crippen LogP contribution >= 0.6 is 0 Å². The maximum absolute atomic E-state index is 12.3. The van der Waals surface area contributed by atoms with E-state index in [0.717, 1.165) is 11.3 Å². The van der Waals surface area contributed by atoms with Crippen molar-refractivity contribution in [3.63, 3.8) is 0 Å². The average Bonchev–Trinajstić information content (AvgIpc) is 3.23. The number of methoxy groups -OCH3 is 1. The standard InChI is InChI=1S/C16H20N8O2/c1-23-14(8-9-17-23)13(10-26-3)19-16(25)18-12-6-4-11(5-7-12)15-20-22-24(2)21-15/h4-9,13H,10H2,1-3H3,(H2,18,19,25). The summed E-state index contributed by atoms with van der Waals surface area (Å²) >= 11 is 0. The summed E-state index contributed by atoms with van der Waals surface area (Å²) < 4.78 is 6.90. The number of aromatic nitrogens is 6.